The molecule has 1 aliphatic heterocycles. The van der Waals surface area contributed by atoms with Gasteiger partial charge in [-0.2, -0.15) is 5.26 Å². The largest absolute Gasteiger partial charge is 0.456 e. The Morgan fingerprint density at radius 3 is 2.84 bits per heavy atom. The van der Waals surface area contributed by atoms with E-state index < -0.39 is 0 Å². The molecule has 2 aromatic rings. The van der Waals surface area contributed by atoms with E-state index in [1.165, 1.54) is 0 Å². The molecule has 0 fully saturated rings. The number of ether oxygens (including phenoxy) is 3. The summed E-state index contributed by atoms with van der Waals surface area (Å²) in [5.41, 5.74) is 0.458. The van der Waals surface area contributed by atoms with E-state index >= 15 is 0 Å². The maximum absolute atomic E-state index is 9.13. The van der Waals surface area contributed by atoms with Crippen molar-refractivity contribution in [2.75, 3.05) is 6.79 Å². The molecule has 0 radical (unpaired) electrons. The Morgan fingerprint density at radius 1 is 1.16 bits per heavy atom. The lowest BCUT2D eigenvalue weighted by Crippen LogP contribution is -1.93. The van der Waals surface area contributed by atoms with Crippen LogP contribution in [-0.2, 0) is 0 Å². The third-order valence-electron chi connectivity index (χ3n) is 2.66. The first-order chi connectivity index (χ1) is 9.28. The van der Waals surface area contributed by atoms with Crippen LogP contribution in [0.2, 0.25) is 0 Å². The fourth-order valence-electron chi connectivity index (χ4n) is 1.77. The van der Waals surface area contributed by atoms with Gasteiger partial charge in [0.25, 0.3) is 0 Å². The highest BCUT2D eigenvalue weighted by Crippen LogP contribution is 2.37. The molecule has 5 heteroatoms. The van der Waals surface area contributed by atoms with Gasteiger partial charge in [0.05, 0.1) is 0 Å². The zero-order valence-corrected chi connectivity index (χ0v) is 11.3. The number of rotatable bonds is 2. The lowest BCUT2D eigenvalue weighted by molar-refractivity contribution is 0.174. The fourth-order valence-corrected chi connectivity index (χ4v) is 2.20. The average molecular weight is 318 g/mol. The molecule has 0 aliphatic carbocycles. The van der Waals surface area contributed by atoms with E-state index in [1.54, 1.807) is 30.3 Å². The van der Waals surface area contributed by atoms with Crippen LogP contribution in [0.25, 0.3) is 0 Å². The zero-order valence-electron chi connectivity index (χ0n) is 9.72. The Morgan fingerprint density at radius 2 is 2.00 bits per heavy atom. The van der Waals surface area contributed by atoms with E-state index in [-0.39, 0.29) is 6.79 Å². The van der Waals surface area contributed by atoms with Gasteiger partial charge in [0.2, 0.25) is 6.79 Å². The molecule has 0 aromatic heterocycles. The number of nitriles is 1. The van der Waals surface area contributed by atoms with E-state index in [0.29, 0.717) is 33.0 Å². The quantitative estimate of drug-likeness (QED) is 0.844. The van der Waals surface area contributed by atoms with Crippen molar-refractivity contribution >= 4 is 15.9 Å². The zero-order chi connectivity index (χ0) is 13.2. The molecule has 0 bridgehead atoms. The molecule has 3 rings (SSSR count). The number of hydrogen-bond donors (Lipinski definition) is 0. The lowest BCUT2D eigenvalue weighted by Gasteiger charge is -2.08. The lowest BCUT2D eigenvalue weighted by atomic mass is 10.2. The van der Waals surface area contributed by atoms with E-state index in [2.05, 4.69) is 22.0 Å². The van der Waals surface area contributed by atoms with Crippen molar-refractivity contribution in [1.29, 1.82) is 5.26 Å². The van der Waals surface area contributed by atoms with Crippen molar-refractivity contribution in [3.8, 4) is 29.1 Å². The Bertz CT molecular complexity index is 679. The maximum atomic E-state index is 9.13. The van der Waals surface area contributed by atoms with Gasteiger partial charge in [0, 0.05) is 10.5 Å². The Balaban J connectivity index is 1.94. The van der Waals surface area contributed by atoms with Gasteiger partial charge in [-0.25, -0.2) is 0 Å². The van der Waals surface area contributed by atoms with Gasteiger partial charge < -0.3 is 14.2 Å². The summed E-state index contributed by atoms with van der Waals surface area (Å²) in [6, 6.07) is 12.8. The molecule has 0 spiro atoms. The first-order valence-corrected chi connectivity index (χ1v) is 6.33. The first kappa shape index (κ1) is 11.9. The molecule has 0 atom stereocenters. The molecule has 0 unspecified atom stereocenters. The van der Waals surface area contributed by atoms with Crippen LogP contribution >= 0.6 is 15.9 Å². The Kier molecular flexibility index (Phi) is 3.02. The second-order valence-corrected chi connectivity index (χ2v) is 4.70. The fraction of sp³-hybridized carbons (Fsp3) is 0.0714. The molecule has 0 N–H and O–H groups in total. The minimum absolute atomic E-state index is 0.221. The van der Waals surface area contributed by atoms with Crippen molar-refractivity contribution < 1.29 is 14.2 Å². The molecule has 4 nitrogen and oxygen atoms in total. The second kappa shape index (κ2) is 4.82. The minimum Gasteiger partial charge on any atom is -0.456 e. The molecule has 1 aliphatic rings. The van der Waals surface area contributed by atoms with E-state index in [0.717, 1.165) is 0 Å². The summed E-state index contributed by atoms with van der Waals surface area (Å²) in [6.07, 6.45) is 0. The highest BCUT2D eigenvalue weighted by Gasteiger charge is 2.15. The molecule has 0 amide bonds. The molecule has 19 heavy (non-hydrogen) atoms. The normalized spacial score (nSPS) is 12.0. The van der Waals surface area contributed by atoms with E-state index in [9.17, 15) is 0 Å². The van der Waals surface area contributed by atoms with Crippen molar-refractivity contribution in [3.63, 3.8) is 0 Å². The number of halogens is 1. The summed E-state index contributed by atoms with van der Waals surface area (Å²) in [4.78, 5) is 0. The Hall–Kier alpha value is -2.19. The first-order valence-electron chi connectivity index (χ1n) is 5.54. The van der Waals surface area contributed by atoms with Crippen LogP contribution in [-0.4, -0.2) is 6.79 Å². The molecule has 94 valence electrons. The smallest absolute Gasteiger partial charge is 0.231 e. The maximum Gasteiger partial charge on any atom is 0.231 e. The Labute approximate surface area is 118 Å². The minimum atomic E-state index is 0.221. The predicted molar refractivity (Wildman–Crippen MR) is 71.5 cm³/mol. The monoisotopic (exact) mass is 317 g/mol. The molecule has 0 saturated heterocycles. The van der Waals surface area contributed by atoms with Crippen molar-refractivity contribution in [3.05, 3.63) is 46.4 Å². The molecule has 1 heterocycles. The summed E-state index contributed by atoms with van der Waals surface area (Å²) in [7, 11) is 0. The van der Waals surface area contributed by atoms with Crippen molar-refractivity contribution in [1.82, 2.24) is 0 Å². The summed E-state index contributed by atoms with van der Waals surface area (Å²) in [6.45, 7) is 0.221. The average Bonchev–Trinajstić information content (AvgIpc) is 2.86. The third-order valence-corrected chi connectivity index (χ3v) is 3.32. The van der Waals surface area contributed by atoms with Gasteiger partial charge in [0.1, 0.15) is 23.1 Å². The van der Waals surface area contributed by atoms with Gasteiger partial charge in [-0.15, -0.1) is 0 Å². The number of nitrogens with zero attached hydrogens (tertiary/aromatic N) is 1. The van der Waals surface area contributed by atoms with Crippen LogP contribution in [0.1, 0.15) is 5.56 Å². The van der Waals surface area contributed by atoms with Crippen molar-refractivity contribution in [2.45, 2.75) is 0 Å². The van der Waals surface area contributed by atoms with Crippen LogP contribution in [0.5, 0.6) is 23.0 Å². The molecule has 0 saturated carbocycles. The van der Waals surface area contributed by atoms with Crippen molar-refractivity contribution in [2.24, 2.45) is 0 Å². The highest BCUT2D eigenvalue weighted by atomic mass is 79.9. The molecular formula is C14H8BrNO3. The number of hydrogen-bond acceptors (Lipinski definition) is 4. The number of fused-ring (bicyclic) bond motifs is 1. The van der Waals surface area contributed by atoms with E-state index in [4.69, 9.17) is 19.5 Å². The summed E-state index contributed by atoms with van der Waals surface area (Å²) in [5.74, 6) is 2.43. The third kappa shape index (κ3) is 2.23. The molecule has 2 aromatic carbocycles. The van der Waals surface area contributed by atoms with Gasteiger partial charge in [-0.1, -0.05) is 6.07 Å². The van der Waals surface area contributed by atoms with Gasteiger partial charge in [-0.05, 0) is 40.2 Å². The topological polar surface area (TPSA) is 51.5 Å². The van der Waals surface area contributed by atoms with Gasteiger partial charge >= 0.3 is 0 Å². The van der Waals surface area contributed by atoms with Crippen LogP contribution < -0.4 is 14.2 Å². The standard InChI is InChI=1S/C14H8BrNO3/c15-11-2-1-3-12(10(11)7-16)19-9-4-5-13-14(6-9)18-8-17-13/h1-6H,8H2. The molecular weight excluding hydrogens is 310 g/mol. The second-order valence-electron chi connectivity index (χ2n) is 3.84. The summed E-state index contributed by atoms with van der Waals surface area (Å²) < 4.78 is 16.9. The summed E-state index contributed by atoms with van der Waals surface area (Å²) in [5, 5.41) is 9.13. The van der Waals surface area contributed by atoms with Crippen LogP contribution in [0.3, 0.4) is 0 Å². The summed E-state index contributed by atoms with van der Waals surface area (Å²) >= 11 is 3.32. The highest BCUT2D eigenvalue weighted by molar-refractivity contribution is 9.10. The van der Waals surface area contributed by atoms with E-state index in [1.807, 2.05) is 6.07 Å². The SMILES string of the molecule is N#Cc1c(Br)cccc1Oc1ccc2c(c1)OCO2. The van der Waals surface area contributed by atoms with Crippen LogP contribution in [0, 0.1) is 11.3 Å². The van der Waals surface area contributed by atoms with Crippen LogP contribution in [0.15, 0.2) is 40.9 Å². The van der Waals surface area contributed by atoms with Crippen LogP contribution in [0.4, 0.5) is 0 Å². The van der Waals surface area contributed by atoms with Gasteiger partial charge in [0.15, 0.2) is 11.5 Å². The van der Waals surface area contributed by atoms with Gasteiger partial charge in [-0.3, -0.25) is 0 Å². The number of benzene rings is 2. The predicted octanol–water partition coefficient (Wildman–Crippen LogP) is 3.84.